The summed E-state index contributed by atoms with van der Waals surface area (Å²) >= 11 is 0. The van der Waals surface area contributed by atoms with Gasteiger partial charge in [-0.05, 0) is 70.6 Å². The third kappa shape index (κ3) is 45.4. The number of rotatable bonds is 42. The molecule has 11 nitrogen and oxygen atoms in total. The molecule has 4 atom stereocenters. The van der Waals surface area contributed by atoms with Crippen molar-refractivity contribution < 1.29 is 52.3 Å². The minimum atomic E-state index is -4.43. The molecule has 366 valence electrons. The van der Waals surface area contributed by atoms with Crippen molar-refractivity contribution in [2.24, 2.45) is 0 Å². The van der Waals surface area contributed by atoms with Crippen molar-refractivity contribution in [1.29, 1.82) is 0 Å². The second kappa shape index (κ2) is 42.5. The highest BCUT2D eigenvalue weighted by Gasteiger charge is 2.27. The van der Waals surface area contributed by atoms with Crippen LogP contribution in [-0.2, 0) is 32.7 Å². The number of aliphatic hydroxyl groups excluding tert-OH is 2. The fourth-order valence-corrected chi connectivity index (χ4v) is 6.69. The van der Waals surface area contributed by atoms with E-state index in [9.17, 15) is 29.3 Å². The molecule has 0 aliphatic heterocycles. The van der Waals surface area contributed by atoms with Gasteiger partial charge in [0.2, 0.25) is 0 Å². The molecular formula is C52H89NO10P+. The molecule has 0 aliphatic carbocycles. The summed E-state index contributed by atoms with van der Waals surface area (Å²) in [5, 5.41) is 20.0. The van der Waals surface area contributed by atoms with Crippen LogP contribution in [0.4, 0.5) is 0 Å². The second-order valence-corrected chi connectivity index (χ2v) is 18.6. The van der Waals surface area contributed by atoms with E-state index in [4.69, 9.17) is 18.5 Å². The molecule has 0 bridgehead atoms. The highest BCUT2D eigenvalue weighted by molar-refractivity contribution is 7.47. The van der Waals surface area contributed by atoms with E-state index in [-0.39, 0.29) is 26.1 Å². The van der Waals surface area contributed by atoms with Gasteiger partial charge in [0, 0.05) is 12.8 Å². The first-order chi connectivity index (χ1) is 30.8. The number of phosphoric acid groups is 1. The predicted octanol–water partition coefficient (Wildman–Crippen LogP) is 12.1. The number of phosphoric ester groups is 1. The molecule has 0 rings (SSSR count). The Bertz CT molecular complexity index is 1440. The Kier molecular flexibility index (Phi) is 40.4. The number of unbranched alkanes of at least 4 members (excludes halogenated alkanes) is 12. The van der Waals surface area contributed by atoms with Gasteiger partial charge in [0.15, 0.2) is 6.10 Å². The van der Waals surface area contributed by atoms with Gasteiger partial charge in [-0.1, -0.05) is 169 Å². The van der Waals surface area contributed by atoms with Crippen molar-refractivity contribution in [2.75, 3.05) is 47.5 Å². The van der Waals surface area contributed by atoms with E-state index in [2.05, 4.69) is 31.2 Å². The van der Waals surface area contributed by atoms with Gasteiger partial charge in [-0.2, -0.15) is 0 Å². The number of carbonyl (C=O) groups is 2. The van der Waals surface area contributed by atoms with Crippen molar-refractivity contribution in [1.82, 2.24) is 0 Å². The minimum Gasteiger partial charge on any atom is -0.462 e. The van der Waals surface area contributed by atoms with Crippen molar-refractivity contribution in [3.8, 4) is 0 Å². The van der Waals surface area contributed by atoms with E-state index in [1.54, 1.807) is 36.5 Å². The summed E-state index contributed by atoms with van der Waals surface area (Å²) in [6, 6.07) is 0. The molecule has 64 heavy (non-hydrogen) atoms. The number of allylic oxidation sites excluding steroid dienone is 12. The first kappa shape index (κ1) is 60.9. The molecule has 12 heteroatoms. The normalized spacial score (nSPS) is 15.3. The van der Waals surface area contributed by atoms with Crippen LogP contribution in [0, 0.1) is 0 Å². The zero-order valence-corrected chi connectivity index (χ0v) is 41.3. The summed E-state index contributed by atoms with van der Waals surface area (Å²) in [7, 11) is 1.34. The molecule has 0 aromatic carbocycles. The van der Waals surface area contributed by atoms with Gasteiger partial charge in [-0.3, -0.25) is 18.6 Å². The van der Waals surface area contributed by atoms with Gasteiger partial charge in [-0.25, -0.2) is 4.57 Å². The Hall–Kier alpha value is -3.15. The molecule has 0 aromatic rings. The van der Waals surface area contributed by atoms with Gasteiger partial charge in [0.25, 0.3) is 0 Å². The number of esters is 2. The summed E-state index contributed by atoms with van der Waals surface area (Å²) in [4.78, 5) is 35.5. The first-order valence-electron chi connectivity index (χ1n) is 24.2. The molecule has 1 unspecified atom stereocenters. The molecule has 0 saturated heterocycles. The maximum Gasteiger partial charge on any atom is 0.472 e. The van der Waals surface area contributed by atoms with Crippen LogP contribution >= 0.6 is 7.82 Å². The standard InChI is InChI=1S/C52H88NO10P/c1-6-8-10-11-12-13-14-15-16-17-18-19-20-21-22-23-24-28-36-42-51(56)60-46-50(47-62-64(58,59)61-45-44-53(3,4)5)63-52(57)43-37-29-26-25-27-33-39-49(55)41-35-31-30-34-40-48(54)38-32-9-7-2/h9,12-13,15-16,26-27,29-35,40-41,48-50,54-55H,6-8,10-11,14,17-25,28,36-39,42-47H2,1-5H3/p+1/b13-12-,16-15-,29-26-,31-30-,32-9-,33-27-,40-34+,41-35+/t48-,49+,50+/m0/s1. The molecule has 0 spiro atoms. The number of hydrogen-bond donors (Lipinski definition) is 3. The minimum absolute atomic E-state index is 0.00789. The SMILES string of the molecule is CC/C=C\C[C@H](O)/C=C/C=C\C=C\[C@H](O)C/C=C\C/C=C\CCC(=O)O[C@H](COC(=O)CCCCCCCCCCC/C=C\C/C=C\CCCCC)COP(=O)(O)OCC[N+](C)(C)C. The Morgan fingerprint density at radius 2 is 1.09 bits per heavy atom. The Morgan fingerprint density at radius 1 is 0.578 bits per heavy atom. The molecule has 0 radical (unpaired) electrons. The maximum atomic E-state index is 12.7. The summed E-state index contributed by atoms with van der Waals surface area (Å²) in [6.07, 6.45) is 49.6. The van der Waals surface area contributed by atoms with Crippen LogP contribution < -0.4 is 0 Å². The van der Waals surface area contributed by atoms with Crippen LogP contribution in [0.1, 0.15) is 155 Å². The van der Waals surface area contributed by atoms with E-state index >= 15 is 0 Å². The molecule has 0 aromatic heterocycles. The zero-order valence-electron chi connectivity index (χ0n) is 40.4. The van der Waals surface area contributed by atoms with Crippen LogP contribution in [0.3, 0.4) is 0 Å². The van der Waals surface area contributed by atoms with Gasteiger partial charge in [0.1, 0.15) is 19.8 Å². The summed E-state index contributed by atoms with van der Waals surface area (Å²) in [6.45, 7) is 3.98. The quantitative estimate of drug-likeness (QED) is 0.0135. The lowest BCUT2D eigenvalue weighted by molar-refractivity contribution is -0.870. The zero-order chi connectivity index (χ0) is 47.4. The molecule has 0 amide bonds. The third-order valence-electron chi connectivity index (χ3n) is 9.78. The number of ether oxygens (including phenoxy) is 2. The topological polar surface area (TPSA) is 149 Å². The summed E-state index contributed by atoms with van der Waals surface area (Å²) in [5.74, 6) is -0.978. The van der Waals surface area contributed by atoms with E-state index in [1.165, 1.54) is 57.8 Å². The average molecular weight is 919 g/mol. The van der Waals surface area contributed by atoms with Gasteiger partial charge in [-0.15, -0.1) is 0 Å². The fourth-order valence-electron chi connectivity index (χ4n) is 5.95. The lowest BCUT2D eigenvalue weighted by atomic mass is 10.1. The average Bonchev–Trinajstić information content (AvgIpc) is 3.24. The lowest BCUT2D eigenvalue weighted by Crippen LogP contribution is -2.37. The van der Waals surface area contributed by atoms with Crippen LogP contribution in [0.5, 0.6) is 0 Å². The number of quaternary nitrogens is 1. The molecular weight excluding hydrogens is 830 g/mol. The predicted molar refractivity (Wildman–Crippen MR) is 264 cm³/mol. The van der Waals surface area contributed by atoms with Crippen molar-refractivity contribution in [3.05, 3.63) is 97.2 Å². The van der Waals surface area contributed by atoms with Crippen LogP contribution in [0.2, 0.25) is 0 Å². The smallest absolute Gasteiger partial charge is 0.462 e. The highest BCUT2D eigenvalue weighted by Crippen LogP contribution is 2.43. The van der Waals surface area contributed by atoms with E-state index in [1.807, 2.05) is 64.5 Å². The maximum absolute atomic E-state index is 12.7. The number of nitrogens with zero attached hydrogens (tertiary/aromatic N) is 1. The van der Waals surface area contributed by atoms with E-state index in [0.717, 1.165) is 38.5 Å². The Labute approximate surface area is 389 Å². The van der Waals surface area contributed by atoms with Crippen LogP contribution in [-0.4, -0.2) is 97.3 Å². The van der Waals surface area contributed by atoms with Crippen molar-refractivity contribution in [2.45, 2.75) is 173 Å². The molecule has 0 fully saturated rings. The molecule has 0 heterocycles. The van der Waals surface area contributed by atoms with E-state index < -0.39 is 44.7 Å². The van der Waals surface area contributed by atoms with Crippen molar-refractivity contribution >= 4 is 19.8 Å². The molecule has 0 aliphatic rings. The Balaban J connectivity index is 4.54. The van der Waals surface area contributed by atoms with Crippen LogP contribution in [0.25, 0.3) is 0 Å². The highest BCUT2D eigenvalue weighted by atomic mass is 31.2. The largest absolute Gasteiger partial charge is 0.472 e. The second-order valence-electron chi connectivity index (χ2n) is 17.2. The number of aliphatic hydroxyl groups is 2. The molecule has 3 N–H and O–H groups in total. The van der Waals surface area contributed by atoms with Gasteiger partial charge in [0.05, 0.1) is 40.0 Å². The van der Waals surface area contributed by atoms with Gasteiger partial charge < -0.3 is 29.1 Å². The lowest BCUT2D eigenvalue weighted by Gasteiger charge is -2.24. The fraction of sp³-hybridized carbons (Fsp3) is 0.654. The molecule has 0 saturated carbocycles. The van der Waals surface area contributed by atoms with Gasteiger partial charge >= 0.3 is 19.8 Å². The summed E-state index contributed by atoms with van der Waals surface area (Å²) < 4.78 is 34.2. The number of likely N-dealkylation sites (N-methyl/N-ethyl adjacent to an activating group) is 1. The summed E-state index contributed by atoms with van der Waals surface area (Å²) in [5.41, 5.74) is 0. The third-order valence-corrected chi connectivity index (χ3v) is 10.8. The monoisotopic (exact) mass is 919 g/mol. The van der Waals surface area contributed by atoms with E-state index in [0.29, 0.717) is 43.1 Å². The number of carbonyl (C=O) groups excluding carboxylic acids is 2. The number of hydrogen-bond acceptors (Lipinski definition) is 9. The van der Waals surface area contributed by atoms with Crippen LogP contribution in [0.15, 0.2) is 97.2 Å². The first-order valence-corrected chi connectivity index (χ1v) is 25.7. The van der Waals surface area contributed by atoms with Crippen molar-refractivity contribution in [3.63, 3.8) is 0 Å². The Morgan fingerprint density at radius 3 is 1.66 bits per heavy atom.